The third-order valence-corrected chi connectivity index (χ3v) is 7.35. The van der Waals surface area contributed by atoms with Crippen molar-refractivity contribution in [3.63, 3.8) is 0 Å². The smallest absolute Gasteiger partial charge is 0.274 e. The highest BCUT2D eigenvalue weighted by atomic mass is 16.5. The first kappa shape index (κ1) is 20.4. The van der Waals surface area contributed by atoms with Gasteiger partial charge in [-0.1, -0.05) is 19.3 Å². The van der Waals surface area contributed by atoms with Crippen molar-refractivity contribution in [2.75, 3.05) is 39.4 Å². The number of nitrogens with zero attached hydrogens (tertiary/aromatic N) is 4. The molecule has 1 saturated carbocycles. The van der Waals surface area contributed by atoms with E-state index in [-0.39, 0.29) is 17.2 Å². The van der Waals surface area contributed by atoms with Crippen molar-refractivity contribution >= 4 is 11.8 Å². The van der Waals surface area contributed by atoms with Crippen molar-refractivity contribution in [2.45, 2.75) is 51.9 Å². The van der Waals surface area contributed by atoms with E-state index in [1.165, 1.54) is 32.1 Å². The molecule has 3 fully saturated rings. The molecule has 1 aromatic rings. The lowest BCUT2D eigenvalue weighted by Gasteiger charge is -2.38. The Bertz CT molecular complexity index is 728. The van der Waals surface area contributed by atoms with Gasteiger partial charge >= 0.3 is 0 Å². The normalized spacial score (nSPS) is 24.3. The first-order valence-electron chi connectivity index (χ1n) is 11.1. The van der Waals surface area contributed by atoms with E-state index >= 15 is 0 Å². The first-order chi connectivity index (χ1) is 14.0. The number of aryl methyl sites for hydroxylation is 2. The van der Waals surface area contributed by atoms with Gasteiger partial charge in [0.25, 0.3) is 5.91 Å². The van der Waals surface area contributed by atoms with Gasteiger partial charge in [0.2, 0.25) is 5.91 Å². The largest absolute Gasteiger partial charge is 0.378 e. The van der Waals surface area contributed by atoms with Crippen molar-refractivity contribution < 1.29 is 14.3 Å². The molecule has 0 N–H and O–H groups in total. The summed E-state index contributed by atoms with van der Waals surface area (Å²) in [6.07, 6.45) is 7.56. The van der Waals surface area contributed by atoms with Crippen LogP contribution < -0.4 is 0 Å². The molecule has 0 aromatic carbocycles. The number of aromatic nitrogens is 2. The van der Waals surface area contributed by atoms with Gasteiger partial charge in [0, 0.05) is 45.3 Å². The van der Waals surface area contributed by atoms with Gasteiger partial charge in [-0.25, -0.2) is 0 Å². The van der Waals surface area contributed by atoms with Gasteiger partial charge in [0.15, 0.2) is 5.69 Å². The molecule has 160 valence electrons. The van der Waals surface area contributed by atoms with E-state index in [2.05, 4.69) is 5.10 Å². The Labute approximate surface area is 173 Å². The van der Waals surface area contributed by atoms with E-state index < -0.39 is 0 Å². The Morgan fingerprint density at radius 2 is 1.90 bits per heavy atom. The van der Waals surface area contributed by atoms with E-state index in [0.717, 1.165) is 25.2 Å². The Hall–Kier alpha value is -1.89. The molecule has 2 amide bonds. The summed E-state index contributed by atoms with van der Waals surface area (Å²) in [5.74, 6) is 0.687. The average molecular weight is 403 g/mol. The van der Waals surface area contributed by atoms with Gasteiger partial charge in [-0.05, 0) is 43.6 Å². The lowest BCUT2D eigenvalue weighted by Crippen LogP contribution is -2.41. The minimum Gasteiger partial charge on any atom is -0.378 e. The van der Waals surface area contributed by atoms with Crippen LogP contribution >= 0.6 is 0 Å². The summed E-state index contributed by atoms with van der Waals surface area (Å²) in [4.78, 5) is 29.8. The number of amides is 2. The van der Waals surface area contributed by atoms with Gasteiger partial charge in [-0.3, -0.25) is 14.3 Å². The second-order valence-electron chi connectivity index (χ2n) is 9.13. The number of hydrogen-bond acceptors (Lipinski definition) is 4. The maximum Gasteiger partial charge on any atom is 0.274 e. The number of hydrogen-bond donors (Lipinski definition) is 0. The van der Waals surface area contributed by atoms with Gasteiger partial charge < -0.3 is 14.5 Å². The average Bonchev–Trinajstić information content (AvgIpc) is 3.26. The van der Waals surface area contributed by atoms with E-state index in [1.54, 1.807) is 4.68 Å². The number of carbonyl (C=O) groups excluding carboxylic acids is 2. The maximum absolute atomic E-state index is 13.1. The summed E-state index contributed by atoms with van der Waals surface area (Å²) in [5.41, 5.74) is 1.72. The van der Waals surface area contributed by atoms with Crippen molar-refractivity contribution in [1.82, 2.24) is 19.6 Å². The molecule has 1 spiro atoms. The van der Waals surface area contributed by atoms with Gasteiger partial charge in [0.05, 0.1) is 13.2 Å². The molecule has 1 unspecified atom stereocenters. The molecule has 29 heavy (non-hydrogen) atoms. The van der Waals surface area contributed by atoms with Crippen molar-refractivity contribution in [3.05, 3.63) is 17.5 Å². The summed E-state index contributed by atoms with van der Waals surface area (Å²) < 4.78 is 7.13. The van der Waals surface area contributed by atoms with Crippen LogP contribution in [0.4, 0.5) is 0 Å². The van der Waals surface area contributed by atoms with Crippen LogP contribution in [-0.2, 0) is 16.6 Å². The SMILES string of the molecule is Cc1cc(C(=O)N2CC(CCC(=O)N3CCOCC3)C3(CCCCC3)C2)nn1C. The van der Waals surface area contributed by atoms with Crippen LogP contribution in [0.3, 0.4) is 0 Å². The number of carbonyl (C=O) groups is 2. The minimum atomic E-state index is 0.0423. The molecule has 1 aliphatic carbocycles. The molecule has 3 heterocycles. The molecule has 0 bridgehead atoms. The zero-order valence-corrected chi connectivity index (χ0v) is 17.9. The summed E-state index contributed by atoms with van der Waals surface area (Å²) in [6.45, 7) is 6.24. The summed E-state index contributed by atoms with van der Waals surface area (Å²) in [7, 11) is 1.87. The number of ether oxygens (including phenoxy) is 1. The molecule has 2 saturated heterocycles. The van der Waals surface area contributed by atoms with Crippen LogP contribution in [0.1, 0.15) is 61.1 Å². The molecular formula is C22H34N4O3. The highest BCUT2D eigenvalue weighted by Gasteiger charge is 2.48. The van der Waals surface area contributed by atoms with Gasteiger partial charge in [0.1, 0.15) is 0 Å². The Morgan fingerprint density at radius 1 is 1.17 bits per heavy atom. The Balaban J connectivity index is 1.44. The Morgan fingerprint density at radius 3 is 2.55 bits per heavy atom. The molecule has 1 aromatic heterocycles. The fourth-order valence-corrected chi connectivity index (χ4v) is 5.50. The van der Waals surface area contributed by atoms with E-state index in [4.69, 9.17) is 4.74 Å². The van der Waals surface area contributed by atoms with Crippen LogP contribution in [0.25, 0.3) is 0 Å². The fourth-order valence-electron chi connectivity index (χ4n) is 5.50. The first-order valence-corrected chi connectivity index (χ1v) is 11.1. The second kappa shape index (κ2) is 8.46. The lowest BCUT2D eigenvalue weighted by atomic mass is 9.66. The maximum atomic E-state index is 13.1. The van der Waals surface area contributed by atoms with Gasteiger partial charge in [-0.2, -0.15) is 5.10 Å². The molecular weight excluding hydrogens is 368 g/mol. The third-order valence-electron chi connectivity index (χ3n) is 7.35. The van der Waals surface area contributed by atoms with Crippen molar-refractivity contribution in [3.8, 4) is 0 Å². The van der Waals surface area contributed by atoms with Crippen LogP contribution in [0.15, 0.2) is 6.07 Å². The third kappa shape index (κ3) is 4.20. The predicted molar refractivity (Wildman–Crippen MR) is 109 cm³/mol. The standard InChI is InChI=1S/C22H34N4O3/c1-17-14-19(23-24(17)2)21(28)26-15-18(22(16-26)8-4-3-5-9-22)6-7-20(27)25-10-12-29-13-11-25/h14,18H,3-13,15-16H2,1-2H3. The summed E-state index contributed by atoms with van der Waals surface area (Å²) >= 11 is 0. The highest BCUT2D eigenvalue weighted by molar-refractivity contribution is 5.92. The molecule has 2 aliphatic heterocycles. The molecule has 0 radical (unpaired) electrons. The zero-order chi connectivity index (χ0) is 20.4. The topological polar surface area (TPSA) is 67.7 Å². The quantitative estimate of drug-likeness (QED) is 0.776. The minimum absolute atomic E-state index is 0.0423. The zero-order valence-electron chi connectivity index (χ0n) is 17.9. The van der Waals surface area contributed by atoms with Crippen molar-refractivity contribution in [1.29, 1.82) is 0 Å². The van der Waals surface area contributed by atoms with Crippen LogP contribution in [0.5, 0.6) is 0 Å². The van der Waals surface area contributed by atoms with E-state index in [9.17, 15) is 9.59 Å². The highest BCUT2D eigenvalue weighted by Crippen LogP contribution is 2.49. The van der Waals surface area contributed by atoms with Crippen molar-refractivity contribution in [2.24, 2.45) is 18.4 Å². The van der Waals surface area contributed by atoms with Gasteiger partial charge in [-0.15, -0.1) is 0 Å². The molecule has 7 nitrogen and oxygen atoms in total. The lowest BCUT2D eigenvalue weighted by molar-refractivity contribution is -0.135. The Kier molecular flexibility index (Phi) is 5.95. The molecule has 7 heteroatoms. The van der Waals surface area contributed by atoms with E-state index in [1.807, 2.05) is 29.8 Å². The number of likely N-dealkylation sites (tertiary alicyclic amines) is 1. The second-order valence-corrected chi connectivity index (χ2v) is 9.13. The molecule has 4 rings (SSSR count). The van der Waals surface area contributed by atoms with E-state index in [0.29, 0.717) is 44.3 Å². The number of rotatable bonds is 4. The van der Waals surface area contributed by atoms with Crippen LogP contribution in [-0.4, -0.2) is 70.8 Å². The summed E-state index contributed by atoms with van der Waals surface area (Å²) in [5, 5.41) is 4.40. The fraction of sp³-hybridized carbons (Fsp3) is 0.773. The van der Waals surface area contributed by atoms with Crippen LogP contribution in [0.2, 0.25) is 0 Å². The number of morpholine rings is 1. The molecule has 1 atom stereocenters. The summed E-state index contributed by atoms with van der Waals surface area (Å²) in [6, 6.07) is 1.88. The molecule has 3 aliphatic rings. The monoisotopic (exact) mass is 402 g/mol. The predicted octanol–water partition coefficient (Wildman–Crippen LogP) is 2.39. The van der Waals surface area contributed by atoms with Crippen LogP contribution in [0, 0.1) is 18.3 Å².